The fourth-order valence-electron chi connectivity index (χ4n) is 4.47. The predicted molar refractivity (Wildman–Crippen MR) is 106 cm³/mol. The van der Waals surface area contributed by atoms with Crippen molar-refractivity contribution in [3.05, 3.63) is 65.7 Å². The number of hydrogen-bond donors (Lipinski definition) is 1. The molecular formula is C24H28O3. The van der Waals surface area contributed by atoms with Crippen LogP contribution in [0, 0.1) is 17.8 Å². The van der Waals surface area contributed by atoms with E-state index in [1.807, 2.05) is 19.1 Å². The molecule has 0 radical (unpaired) electrons. The summed E-state index contributed by atoms with van der Waals surface area (Å²) in [6, 6.07) is 18.8. The Morgan fingerprint density at radius 2 is 1.85 bits per heavy atom. The zero-order valence-electron chi connectivity index (χ0n) is 15.9. The smallest absolute Gasteiger partial charge is 0.306 e. The van der Waals surface area contributed by atoms with Gasteiger partial charge in [0.1, 0.15) is 5.75 Å². The molecule has 2 aromatic carbocycles. The summed E-state index contributed by atoms with van der Waals surface area (Å²) >= 11 is 0. The third-order valence-corrected chi connectivity index (χ3v) is 6.29. The van der Waals surface area contributed by atoms with E-state index < -0.39 is 5.97 Å². The van der Waals surface area contributed by atoms with Gasteiger partial charge in [-0.15, -0.1) is 0 Å². The molecule has 0 aromatic heterocycles. The Balaban J connectivity index is 1.34. The summed E-state index contributed by atoms with van der Waals surface area (Å²) in [5.41, 5.74) is 2.55. The first-order valence-electron chi connectivity index (χ1n) is 10.1. The number of rotatable bonds is 8. The van der Waals surface area contributed by atoms with Gasteiger partial charge in [0, 0.05) is 0 Å². The minimum atomic E-state index is -0.709. The number of benzene rings is 2. The number of aliphatic carboxylic acids is 1. The van der Waals surface area contributed by atoms with Crippen molar-refractivity contribution in [2.45, 2.75) is 44.4 Å². The molecule has 0 spiro atoms. The second kappa shape index (κ2) is 7.75. The van der Waals surface area contributed by atoms with Crippen molar-refractivity contribution >= 4 is 5.97 Å². The summed E-state index contributed by atoms with van der Waals surface area (Å²) < 4.78 is 6.08. The van der Waals surface area contributed by atoms with Crippen LogP contribution in [0.3, 0.4) is 0 Å². The van der Waals surface area contributed by atoms with E-state index in [1.165, 1.54) is 18.4 Å². The molecule has 142 valence electrons. The van der Waals surface area contributed by atoms with E-state index in [0.29, 0.717) is 17.8 Å². The largest absolute Gasteiger partial charge is 0.493 e. The molecule has 0 amide bonds. The highest BCUT2D eigenvalue weighted by Crippen LogP contribution is 2.47. The minimum Gasteiger partial charge on any atom is -0.493 e. The molecule has 0 heterocycles. The molecule has 27 heavy (non-hydrogen) atoms. The second-order valence-corrected chi connectivity index (χ2v) is 8.32. The topological polar surface area (TPSA) is 46.5 Å². The zero-order valence-corrected chi connectivity index (χ0v) is 15.9. The molecule has 2 aliphatic rings. The molecule has 4 rings (SSSR count). The van der Waals surface area contributed by atoms with Crippen molar-refractivity contribution < 1.29 is 14.6 Å². The fraction of sp³-hybridized carbons (Fsp3) is 0.458. The average molecular weight is 364 g/mol. The minimum absolute atomic E-state index is 0.0946. The van der Waals surface area contributed by atoms with Gasteiger partial charge in [-0.2, -0.15) is 0 Å². The maximum Gasteiger partial charge on any atom is 0.306 e. The molecule has 2 aliphatic carbocycles. The molecule has 3 nitrogen and oxygen atoms in total. The van der Waals surface area contributed by atoms with Crippen LogP contribution < -0.4 is 4.74 Å². The molecule has 2 aromatic rings. The van der Waals surface area contributed by atoms with Crippen LogP contribution in [0.4, 0.5) is 0 Å². The Morgan fingerprint density at radius 1 is 1.11 bits per heavy atom. The highest BCUT2D eigenvalue weighted by atomic mass is 16.5. The third kappa shape index (κ3) is 4.18. The van der Waals surface area contributed by atoms with Crippen LogP contribution >= 0.6 is 0 Å². The van der Waals surface area contributed by atoms with Crippen LogP contribution in [0.2, 0.25) is 0 Å². The number of carboxylic acids is 1. The molecule has 2 atom stereocenters. The molecule has 1 N–H and O–H groups in total. The van der Waals surface area contributed by atoms with E-state index in [2.05, 4.69) is 42.5 Å². The van der Waals surface area contributed by atoms with Gasteiger partial charge in [0.2, 0.25) is 0 Å². The lowest BCUT2D eigenvalue weighted by Gasteiger charge is -2.35. The monoisotopic (exact) mass is 364 g/mol. The van der Waals surface area contributed by atoms with Gasteiger partial charge in [0.25, 0.3) is 0 Å². The van der Waals surface area contributed by atoms with Crippen molar-refractivity contribution in [2.24, 2.45) is 17.8 Å². The fourth-order valence-corrected chi connectivity index (χ4v) is 4.47. The average Bonchev–Trinajstić information content (AvgIpc) is 3.47. The maximum absolute atomic E-state index is 11.5. The zero-order chi connectivity index (χ0) is 18.8. The molecule has 0 bridgehead atoms. The predicted octanol–water partition coefficient (Wildman–Crippen LogP) is 5.47. The lowest BCUT2D eigenvalue weighted by atomic mass is 9.72. The second-order valence-electron chi connectivity index (χ2n) is 8.32. The van der Waals surface area contributed by atoms with Gasteiger partial charge in [-0.05, 0) is 72.6 Å². The summed E-state index contributed by atoms with van der Waals surface area (Å²) in [5, 5.41) is 9.46. The number of hydrogen-bond acceptors (Lipinski definition) is 2. The molecule has 0 aliphatic heterocycles. The summed E-state index contributed by atoms with van der Waals surface area (Å²) in [6.07, 6.45) is 4.64. The maximum atomic E-state index is 11.5. The summed E-state index contributed by atoms with van der Waals surface area (Å²) in [6.45, 7) is 2.58. The van der Waals surface area contributed by atoms with Gasteiger partial charge in [-0.25, -0.2) is 0 Å². The van der Waals surface area contributed by atoms with Gasteiger partial charge in [0.05, 0.1) is 12.5 Å². The Labute approximate surface area is 161 Å². The summed E-state index contributed by atoms with van der Waals surface area (Å²) in [7, 11) is 0. The van der Waals surface area contributed by atoms with Gasteiger partial charge < -0.3 is 9.84 Å². The first-order valence-corrected chi connectivity index (χ1v) is 10.1. The molecule has 2 saturated carbocycles. The van der Waals surface area contributed by atoms with E-state index in [-0.39, 0.29) is 11.8 Å². The van der Waals surface area contributed by atoms with E-state index in [9.17, 15) is 9.90 Å². The number of ether oxygens (including phenoxy) is 1. The summed E-state index contributed by atoms with van der Waals surface area (Å²) in [5.74, 6) is 1.68. The molecular weight excluding hydrogens is 336 g/mol. The van der Waals surface area contributed by atoms with Crippen LogP contribution in [0.1, 0.15) is 55.6 Å². The molecule has 0 unspecified atom stereocenters. The highest BCUT2D eigenvalue weighted by Gasteiger charge is 2.38. The Hall–Kier alpha value is -2.29. The van der Waals surface area contributed by atoms with E-state index in [4.69, 9.17) is 4.74 Å². The first kappa shape index (κ1) is 18.1. The summed E-state index contributed by atoms with van der Waals surface area (Å²) in [4.78, 5) is 11.5. The third-order valence-electron chi connectivity index (χ3n) is 6.29. The van der Waals surface area contributed by atoms with Crippen molar-refractivity contribution in [1.82, 2.24) is 0 Å². The lowest BCUT2D eigenvalue weighted by molar-refractivity contribution is -0.142. The van der Waals surface area contributed by atoms with E-state index in [0.717, 1.165) is 30.8 Å². The van der Waals surface area contributed by atoms with Gasteiger partial charge in [0.15, 0.2) is 0 Å². The van der Waals surface area contributed by atoms with Crippen molar-refractivity contribution in [3.63, 3.8) is 0 Å². The van der Waals surface area contributed by atoms with Gasteiger partial charge in [-0.1, -0.05) is 49.4 Å². The van der Waals surface area contributed by atoms with Gasteiger partial charge >= 0.3 is 5.97 Å². The Bertz CT molecular complexity index is 775. The van der Waals surface area contributed by atoms with Crippen LogP contribution in [0.15, 0.2) is 54.6 Å². The van der Waals surface area contributed by atoms with Crippen LogP contribution in [0.25, 0.3) is 0 Å². The lowest BCUT2D eigenvalue weighted by Crippen LogP contribution is -2.27. The van der Waals surface area contributed by atoms with E-state index in [1.54, 1.807) is 0 Å². The van der Waals surface area contributed by atoms with Crippen LogP contribution in [-0.2, 0) is 4.79 Å². The van der Waals surface area contributed by atoms with Crippen molar-refractivity contribution in [2.75, 3.05) is 6.61 Å². The Morgan fingerprint density at radius 3 is 2.52 bits per heavy atom. The normalized spacial score (nSPS) is 23.9. The first-order chi connectivity index (χ1) is 13.1. The van der Waals surface area contributed by atoms with Crippen LogP contribution in [-0.4, -0.2) is 17.7 Å². The quantitative estimate of drug-likeness (QED) is 0.675. The Kier molecular flexibility index (Phi) is 5.20. The van der Waals surface area contributed by atoms with Crippen molar-refractivity contribution in [1.29, 1.82) is 0 Å². The molecule has 2 fully saturated rings. The highest BCUT2D eigenvalue weighted by molar-refractivity contribution is 5.71. The van der Waals surface area contributed by atoms with Crippen molar-refractivity contribution in [3.8, 4) is 5.75 Å². The van der Waals surface area contributed by atoms with Crippen LogP contribution in [0.5, 0.6) is 5.75 Å². The number of carboxylic acid groups (broad SMARTS) is 1. The standard InChI is InChI=1S/C24H28O3/c1-16(24(25)26)23(19-10-11-19)20-8-5-9-22(14-20)27-15-17-12-21(13-17)18-6-3-2-4-7-18/h2-9,14,16-17,19,21,23H,10-13,15H2,1H3,(H,25,26)/t16-,17?,21?,23-/m0/s1. The number of carbonyl (C=O) groups is 1. The SMILES string of the molecule is C[C@H](C(=O)O)[C@H](c1cccc(OCC2CC(c3ccccc3)C2)c1)C1CC1. The molecule has 0 saturated heterocycles. The van der Waals surface area contributed by atoms with E-state index >= 15 is 0 Å². The molecule has 3 heteroatoms. The van der Waals surface area contributed by atoms with Gasteiger partial charge in [-0.3, -0.25) is 4.79 Å².